The van der Waals surface area contributed by atoms with Crippen molar-refractivity contribution >= 4 is 17.8 Å². The summed E-state index contributed by atoms with van der Waals surface area (Å²) in [6, 6.07) is -1.36. The second-order valence-corrected chi connectivity index (χ2v) is 8.08. The zero-order valence-electron chi connectivity index (χ0n) is 18.6. The van der Waals surface area contributed by atoms with Crippen LogP contribution < -0.4 is 5.32 Å². The molecule has 6 nitrogen and oxygen atoms in total. The Morgan fingerprint density at radius 3 is 1.77 bits per heavy atom. The fourth-order valence-electron chi connectivity index (χ4n) is 3.59. The predicted octanol–water partition coefficient (Wildman–Crippen LogP) is 5.00. The average molecular weight is 615 g/mol. The van der Waals surface area contributed by atoms with E-state index in [2.05, 4.69) is 26.1 Å². The van der Waals surface area contributed by atoms with E-state index in [4.69, 9.17) is 10.2 Å². The number of carboxylic acids is 2. The van der Waals surface area contributed by atoms with Crippen molar-refractivity contribution in [3.05, 3.63) is 0 Å². The van der Waals surface area contributed by atoms with Gasteiger partial charge in [-0.3, -0.25) is 9.59 Å². The van der Waals surface area contributed by atoms with Gasteiger partial charge in [-0.15, -0.1) is 0 Å². The van der Waals surface area contributed by atoms with Gasteiger partial charge in [0.15, 0.2) is 0 Å². The van der Waals surface area contributed by atoms with Crippen LogP contribution in [-0.2, 0) is 59.1 Å². The molecule has 3 N–H and O–H groups in total. The van der Waals surface area contributed by atoms with Gasteiger partial charge in [0.1, 0.15) is 6.04 Å². The second-order valence-electron chi connectivity index (χ2n) is 8.08. The predicted molar refractivity (Wildman–Crippen MR) is 111 cm³/mol. The molecule has 0 rings (SSSR count). The first-order chi connectivity index (χ1) is 13.3. The van der Waals surface area contributed by atoms with E-state index in [1.54, 1.807) is 0 Å². The molecule has 0 saturated heterocycles. The van der Waals surface area contributed by atoms with E-state index in [0.717, 1.165) is 63.7 Å². The van der Waals surface area contributed by atoms with Crippen LogP contribution in [0.5, 0.6) is 0 Å². The molecule has 0 aliphatic rings. The van der Waals surface area contributed by atoms with Crippen LogP contribution in [0.2, 0.25) is 0 Å². The van der Waals surface area contributed by atoms with Crippen LogP contribution in [0.3, 0.4) is 0 Å². The van der Waals surface area contributed by atoms with E-state index < -0.39 is 24.4 Å². The summed E-state index contributed by atoms with van der Waals surface area (Å²) in [6.45, 7) is 6.61. The summed E-state index contributed by atoms with van der Waals surface area (Å²) in [5, 5.41) is 20.5. The Morgan fingerprint density at radius 2 is 1.30 bits per heavy atom. The molecule has 0 spiro atoms. The molecule has 0 aliphatic heterocycles. The quantitative estimate of drug-likeness (QED) is 0.149. The first-order valence-electron chi connectivity index (χ1n) is 11.1. The van der Waals surface area contributed by atoms with Crippen molar-refractivity contribution in [2.75, 3.05) is 0 Å². The molecular formula is C22H41Ag2NO5. The van der Waals surface area contributed by atoms with Crippen molar-refractivity contribution in [3.63, 3.8) is 0 Å². The van der Waals surface area contributed by atoms with Crippen molar-refractivity contribution in [1.29, 1.82) is 0 Å². The number of carboxylic acid groups (broad SMARTS) is 2. The van der Waals surface area contributed by atoms with Crippen LogP contribution in [0.1, 0.15) is 104 Å². The summed E-state index contributed by atoms with van der Waals surface area (Å²) in [5.41, 5.74) is 0. The third kappa shape index (κ3) is 18.6. The zero-order chi connectivity index (χ0) is 21.4. The van der Waals surface area contributed by atoms with E-state index in [0.29, 0.717) is 0 Å². The molecule has 3 unspecified atom stereocenters. The van der Waals surface area contributed by atoms with Gasteiger partial charge in [0.05, 0.1) is 6.42 Å². The number of aliphatic carboxylic acids is 2. The van der Waals surface area contributed by atoms with Crippen LogP contribution >= 0.6 is 0 Å². The third-order valence-corrected chi connectivity index (χ3v) is 5.30. The molecule has 186 valence electrons. The maximum absolute atomic E-state index is 12.6. The summed E-state index contributed by atoms with van der Waals surface area (Å²) in [4.78, 5) is 34.7. The van der Waals surface area contributed by atoms with E-state index in [-0.39, 0.29) is 56.6 Å². The Hall–Kier alpha value is -0.109. The van der Waals surface area contributed by atoms with Gasteiger partial charge in [0.25, 0.3) is 0 Å². The van der Waals surface area contributed by atoms with Gasteiger partial charge < -0.3 is 15.5 Å². The maximum Gasteiger partial charge on any atom is 0.326 e. The summed E-state index contributed by atoms with van der Waals surface area (Å²) in [7, 11) is 0. The molecule has 0 heterocycles. The van der Waals surface area contributed by atoms with Gasteiger partial charge in [0, 0.05) is 50.7 Å². The molecule has 30 heavy (non-hydrogen) atoms. The van der Waals surface area contributed by atoms with Crippen LogP contribution in [0.4, 0.5) is 0 Å². The second kappa shape index (κ2) is 22.1. The Morgan fingerprint density at radius 1 is 0.767 bits per heavy atom. The number of unbranched alkanes of at least 4 members (excludes halogenated alkanes) is 5. The summed E-state index contributed by atoms with van der Waals surface area (Å²) in [5.74, 6) is -2.34. The number of carbonyl (C=O) groups excluding carboxylic acids is 1. The van der Waals surface area contributed by atoms with Gasteiger partial charge in [-0.2, -0.15) is 0 Å². The van der Waals surface area contributed by atoms with Crippen molar-refractivity contribution in [1.82, 2.24) is 5.32 Å². The zero-order valence-corrected chi connectivity index (χ0v) is 21.6. The van der Waals surface area contributed by atoms with E-state index in [1.165, 1.54) is 19.3 Å². The third-order valence-electron chi connectivity index (χ3n) is 5.30. The first-order valence-corrected chi connectivity index (χ1v) is 11.1. The Labute approximate surface area is 213 Å². The molecule has 3 atom stereocenters. The molecule has 8 heteroatoms. The topological polar surface area (TPSA) is 104 Å². The molecule has 2 radical (unpaired) electrons. The maximum atomic E-state index is 12.6. The standard InChI is InChI=1S/C22H41NO5.2Ag/c1-4-6-7-10-14-18(15-11-8-9-13-17(3)12-5-2)21(26)23-19(22(27)28)16-20(24)25;;/h17-19H,4-16H2,1-3H3,(H,23,26)(H,24,25)(H,27,28);;. The SMILES string of the molecule is CCCCCCC(CCCCCC(C)CCC)C(=O)NC(CC(=O)O)C(=O)O.[Ag].[Ag]. The molecule has 0 aromatic carbocycles. The average Bonchev–Trinajstić information content (AvgIpc) is 2.62. The van der Waals surface area contributed by atoms with Crippen LogP contribution in [0.15, 0.2) is 0 Å². The number of amides is 1. The molecule has 0 aromatic rings. The minimum absolute atomic E-state index is 0. The van der Waals surface area contributed by atoms with Crippen molar-refractivity contribution in [3.8, 4) is 0 Å². The smallest absolute Gasteiger partial charge is 0.326 e. The molecule has 0 bridgehead atoms. The van der Waals surface area contributed by atoms with Gasteiger partial charge >= 0.3 is 11.9 Å². The number of hydrogen-bond donors (Lipinski definition) is 3. The summed E-state index contributed by atoms with van der Waals surface area (Å²) < 4.78 is 0. The Balaban J connectivity index is -0.00000364. The van der Waals surface area contributed by atoms with Crippen molar-refractivity contribution in [2.24, 2.45) is 11.8 Å². The van der Waals surface area contributed by atoms with Crippen LogP contribution in [0.25, 0.3) is 0 Å². The first kappa shape index (κ1) is 34.5. The van der Waals surface area contributed by atoms with E-state index in [9.17, 15) is 14.4 Å². The number of nitrogens with one attached hydrogen (secondary N) is 1. The monoisotopic (exact) mass is 613 g/mol. The van der Waals surface area contributed by atoms with Gasteiger partial charge in [-0.1, -0.05) is 85.0 Å². The van der Waals surface area contributed by atoms with Gasteiger partial charge in [0.2, 0.25) is 5.91 Å². The van der Waals surface area contributed by atoms with E-state index in [1.807, 2.05) is 0 Å². The molecular weight excluding hydrogens is 574 g/mol. The molecule has 1 amide bonds. The molecule has 0 aliphatic carbocycles. The fraction of sp³-hybridized carbons (Fsp3) is 0.864. The van der Waals surface area contributed by atoms with Crippen molar-refractivity contribution < 1.29 is 69.4 Å². The summed E-state index contributed by atoms with van der Waals surface area (Å²) in [6.07, 6.45) is 12.0. The van der Waals surface area contributed by atoms with Crippen molar-refractivity contribution in [2.45, 2.75) is 110 Å². The fourth-order valence-corrected chi connectivity index (χ4v) is 3.59. The normalized spacial score (nSPS) is 13.3. The molecule has 0 saturated carbocycles. The minimum atomic E-state index is -1.36. The van der Waals surface area contributed by atoms with Crippen LogP contribution in [-0.4, -0.2) is 34.1 Å². The minimum Gasteiger partial charge on any atom is -0.481 e. The van der Waals surface area contributed by atoms with E-state index >= 15 is 0 Å². The number of hydrogen-bond acceptors (Lipinski definition) is 3. The van der Waals surface area contributed by atoms with Crippen LogP contribution in [0, 0.1) is 11.8 Å². The molecule has 0 aromatic heterocycles. The summed E-state index contributed by atoms with van der Waals surface area (Å²) >= 11 is 0. The largest absolute Gasteiger partial charge is 0.481 e. The van der Waals surface area contributed by atoms with Gasteiger partial charge in [-0.05, 0) is 18.8 Å². The Bertz CT molecular complexity index is 463. The Kier molecular flexibility index (Phi) is 25.4. The number of rotatable bonds is 18. The molecule has 0 fully saturated rings. The number of carbonyl (C=O) groups is 3. The van der Waals surface area contributed by atoms with Gasteiger partial charge in [-0.25, -0.2) is 4.79 Å².